The number of halogens is 2. The van der Waals surface area contributed by atoms with Crippen molar-refractivity contribution in [2.45, 2.75) is 13.0 Å². The largest absolute Gasteiger partial charge is 0.358 e. The quantitative estimate of drug-likeness (QED) is 0.715. The van der Waals surface area contributed by atoms with Crippen molar-refractivity contribution < 1.29 is 9.18 Å². The van der Waals surface area contributed by atoms with Crippen molar-refractivity contribution in [2.75, 3.05) is 6.54 Å². The summed E-state index contributed by atoms with van der Waals surface area (Å²) in [7, 11) is 0. The van der Waals surface area contributed by atoms with Crippen molar-refractivity contribution >= 4 is 28.4 Å². The first-order valence-electron chi connectivity index (χ1n) is 7.45. The Bertz CT molecular complexity index is 919. The predicted octanol–water partition coefficient (Wildman–Crippen LogP) is 4.16. The number of aromatic nitrogens is 1. The number of hydrogen-bond acceptors (Lipinski definition) is 1. The van der Waals surface area contributed by atoms with E-state index in [-0.39, 0.29) is 11.7 Å². The molecular weight excluding hydrogens is 315 g/mol. The Hall–Kier alpha value is -2.33. The Morgan fingerprint density at radius 2 is 2.09 bits per heavy atom. The molecule has 0 fully saturated rings. The summed E-state index contributed by atoms with van der Waals surface area (Å²) in [5.74, 6) is -0.294. The standard InChI is InChI=1S/C18H14ClFN2O/c19-12-3-1-2-11(8-12)18(23)22-7-6-16-15(10-22)14-5-4-13(20)9-17(14)21-16/h1-5,8-9,21H,6-7,10H2. The number of hydrogen-bond donors (Lipinski definition) is 1. The molecule has 1 aliphatic heterocycles. The second-order valence-electron chi connectivity index (χ2n) is 5.76. The molecule has 2 heterocycles. The molecule has 1 N–H and O–H groups in total. The number of amides is 1. The molecule has 3 aromatic rings. The van der Waals surface area contributed by atoms with Crippen LogP contribution in [0.15, 0.2) is 42.5 Å². The molecule has 0 radical (unpaired) electrons. The van der Waals surface area contributed by atoms with Gasteiger partial charge in [-0.2, -0.15) is 0 Å². The van der Waals surface area contributed by atoms with E-state index < -0.39 is 0 Å². The SMILES string of the molecule is O=C(c1cccc(Cl)c1)N1CCc2[nH]c3cc(F)ccc3c2C1. The van der Waals surface area contributed by atoms with E-state index in [9.17, 15) is 9.18 Å². The van der Waals surface area contributed by atoms with Crippen molar-refractivity contribution in [1.82, 2.24) is 9.88 Å². The number of H-pyrrole nitrogens is 1. The fourth-order valence-electron chi connectivity index (χ4n) is 3.17. The minimum atomic E-state index is -0.261. The molecule has 1 aliphatic rings. The lowest BCUT2D eigenvalue weighted by molar-refractivity contribution is 0.0735. The second kappa shape index (κ2) is 5.39. The van der Waals surface area contributed by atoms with Gasteiger partial charge in [-0.15, -0.1) is 0 Å². The van der Waals surface area contributed by atoms with Crippen LogP contribution in [0.3, 0.4) is 0 Å². The van der Waals surface area contributed by atoms with Gasteiger partial charge in [0.15, 0.2) is 0 Å². The number of carbonyl (C=O) groups excluding carboxylic acids is 1. The van der Waals surface area contributed by atoms with Crippen molar-refractivity contribution in [3.05, 3.63) is 70.1 Å². The third kappa shape index (κ3) is 2.49. The summed E-state index contributed by atoms with van der Waals surface area (Å²) in [4.78, 5) is 17.7. The van der Waals surface area contributed by atoms with Gasteiger partial charge in [-0.25, -0.2) is 4.39 Å². The first kappa shape index (κ1) is 14.3. The number of aromatic amines is 1. The highest BCUT2D eigenvalue weighted by atomic mass is 35.5. The van der Waals surface area contributed by atoms with Crippen LogP contribution in [0, 0.1) is 5.82 Å². The van der Waals surface area contributed by atoms with Gasteiger partial charge < -0.3 is 9.88 Å². The van der Waals surface area contributed by atoms with Crippen LogP contribution >= 0.6 is 11.6 Å². The summed E-state index contributed by atoms with van der Waals surface area (Å²) >= 11 is 5.97. The third-order valence-corrected chi connectivity index (χ3v) is 4.53. The summed E-state index contributed by atoms with van der Waals surface area (Å²) in [5, 5.41) is 1.53. The smallest absolute Gasteiger partial charge is 0.254 e. The van der Waals surface area contributed by atoms with Crippen LogP contribution in [0.5, 0.6) is 0 Å². The number of rotatable bonds is 1. The van der Waals surface area contributed by atoms with E-state index in [4.69, 9.17) is 11.6 Å². The highest BCUT2D eigenvalue weighted by Gasteiger charge is 2.25. The van der Waals surface area contributed by atoms with E-state index in [1.165, 1.54) is 12.1 Å². The molecule has 23 heavy (non-hydrogen) atoms. The van der Waals surface area contributed by atoms with Crippen LogP contribution < -0.4 is 0 Å². The molecule has 0 unspecified atom stereocenters. The average Bonchev–Trinajstić information content (AvgIpc) is 2.90. The average molecular weight is 329 g/mol. The summed E-state index contributed by atoms with van der Waals surface area (Å²) in [6, 6.07) is 11.7. The number of carbonyl (C=O) groups is 1. The van der Waals surface area contributed by atoms with Crippen molar-refractivity contribution in [3.8, 4) is 0 Å². The Balaban J connectivity index is 1.68. The van der Waals surface area contributed by atoms with E-state index >= 15 is 0 Å². The minimum absolute atomic E-state index is 0.0328. The molecule has 5 heteroatoms. The van der Waals surface area contributed by atoms with Crippen LogP contribution in [0.25, 0.3) is 10.9 Å². The lowest BCUT2D eigenvalue weighted by Gasteiger charge is -2.27. The van der Waals surface area contributed by atoms with Gasteiger partial charge in [-0.3, -0.25) is 4.79 Å². The topological polar surface area (TPSA) is 36.1 Å². The summed E-state index contributed by atoms with van der Waals surface area (Å²) in [5.41, 5.74) is 3.53. The van der Waals surface area contributed by atoms with Gasteiger partial charge in [0.1, 0.15) is 5.82 Å². The van der Waals surface area contributed by atoms with Gasteiger partial charge in [-0.05, 0) is 36.4 Å². The van der Waals surface area contributed by atoms with E-state index in [1.807, 2.05) is 4.90 Å². The van der Waals surface area contributed by atoms with Crippen LogP contribution in [-0.4, -0.2) is 22.3 Å². The Kier molecular flexibility index (Phi) is 3.34. The molecule has 1 aromatic heterocycles. The van der Waals surface area contributed by atoms with Crippen molar-refractivity contribution in [2.24, 2.45) is 0 Å². The second-order valence-corrected chi connectivity index (χ2v) is 6.20. The molecule has 1 amide bonds. The lowest BCUT2D eigenvalue weighted by Crippen LogP contribution is -2.35. The molecule has 0 bridgehead atoms. The molecular formula is C18H14ClFN2O. The number of fused-ring (bicyclic) bond motifs is 3. The molecule has 0 aliphatic carbocycles. The van der Waals surface area contributed by atoms with E-state index in [1.54, 1.807) is 30.3 Å². The van der Waals surface area contributed by atoms with Gasteiger partial charge >= 0.3 is 0 Å². The lowest BCUT2D eigenvalue weighted by atomic mass is 10.0. The van der Waals surface area contributed by atoms with Gasteiger partial charge in [0, 0.05) is 52.3 Å². The number of nitrogens with zero attached hydrogens (tertiary/aromatic N) is 1. The number of nitrogens with one attached hydrogen (secondary N) is 1. The molecule has 4 rings (SSSR count). The monoisotopic (exact) mass is 328 g/mol. The van der Waals surface area contributed by atoms with Crippen molar-refractivity contribution in [3.63, 3.8) is 0 Å². The van der Waals surface area contributed by atoms with Crippen LogP contribution in [-0.2, 0) is 13.0 Å². The highest BCUT2D eigenvalue weighted by molar-refractivity contribution is 6.30. The molecule has 3 nitrogen and oxygen atoms in total. The molecule has 0 atom stereocenters. The normalized spacial score (nSPS) is 14.1. The van der Waals surface area contributed by atoms with Crippen molar-refractivity contribution in [1.29, 1.82) is 0 Å². The molecule has 116 valence electrons. The minimum Gasteiger partial charge on any atom is -0.358 e. The summed E-state index contributed by atoms with van der Waals surface area (Å²) in [6.07, 6.45) is 0.734. The van der Waals surface area contributed by atoms with E-state index in [2.05, 4.69) is 4.98 Å². The van der Waals surface area contributed by atoms with E-state index in [0.717, 1.165) is 28.6 Å². The maximum Gasteiger partial charge on any atom is 0.254 e. The molecule has 0 spiro atoms. The molecule has 2 aromatic carbocycles. The van der Waals surface area contributed by atoms with E-state index in [0.29, 0.717) is 23.7 Å². The molecule has 0 saturated carbocycles. The van der Waals surface area contributed by atoms with Crippen LogP contribution in [0.2, 0.25) is 5.02 Å². The van der Waals surface area contributed by atoms with Gasteiger partial charge in [0.05, 0.1) is 0 Å². The third-order valence-electron chi connectivity index (χ3n) is 4.30. The number of benzene rings is 2. The fourth-order valence-corrected chi connectivity index (χ4v) is 3.36. The zero-order valence-corrected chi connectivity index (χ0v) is 13.0. The Morgan fingerprint density at radius 3 is 2.91 bits per heavy atom. The Labute approximate surface area is 137 Å². The predicted molar refractivity (Wildman–Crippen MR) is 88.2 cm³/mol. The maximum absolute atomic E-state index is 13.4. The summed E-state index contributed by atoms with van der Waals surface area (Å²) in [6.45, 7) is 1.15. The van der Waals surface area contributed by atoms with Gasteiger partial charge in [0.2, 0.25) is 0 Å². The first-order chi connectivity index (χ1) is 11.1. The maximum atomic E-state index is 13.4. The zero-order valence-electron chi connectivity index (χ0n) is 12.3. The zero-order chi connectivity index (χ0) is 16.0. The van der Waals surface area contributed by atoms with Gasteiger partial charge in [-0.1, -0.05) is 17.7 Å². The van der Waals surface area contributed by atoms with Gasteiger partial charge in [0.25, 0.3) is 5.91 Å². The van der Waals surface area contributed by atoms with Crippen LogP contribution in [0.1, 0.15) is 21.6 Å². The molecule has 0 saturated heterocycles. The van der Waals surface area contributed by atoms with Crippen LogP contribution in [0.4, 0.5) is 4.39 Å². The highest BCUT2D eigenvalue weighted by Crippen LogP contribution is 2.29. The Morgan fingerprint density at radius 1 is 1.22 bits per heavy atom. The fraction of sp³-hybridized carbons (Fsp3) is 0.167. The first-order valence-corrected chi connectivity index (χ1v) is 7.83. The summed E-state index contributed by atoms with van der Waals surface area (Å²) < 4.78 is 13.4.